The van der Waals surface area contributed by atoms with Crippen LogP contribution in [0.4, 0.5) is 0 Å². The molecule has 2 amide bonds. The van der Waals surface area contributed by atoms with Crippen LogP contribution >= 0.6 is 11.3 Å². The number of aliphatic hydroxyl groups excluding tert-OH is 1. The fourth-order valence-electron chi connectivity index (χ4n) is 3.59. The number of carbonyl (C=O) groups excluding carboxylic acids is 2. The van der Waals surface area contributed by atoms with Gasteiger partial charge in [-0.2, -0.15) is 0 Å². The van der Waals surface area contributed by atoms with E-state index in [0.717, 1.165) is 22.2 Å². The van der Waals surface area contributed by atoms with Crippen LogP contribution in [0.25, 0.3) is 10.2 Å². The van der Waals surface area contributed by atoms with Gasteiger partial charge in [0, 0.05) is 51.3 Å². The molecule has 1 saturated heterocycles. The van der Waals surface area contributed by atoms with Gasteiger partial charge < -0.3 is 19.6 Å². The van der Waals surface area contributed by atoms with Gasteiger partial charge in [-0.05, 0) is 31.9 Å². The van der Waals surface area contributed by atoms with Crippen LogP contribution in [0.3, 0.4) is 0 Å². The van der Waals surface area contributed by atoms with Crippen molar-refractivity contribution in [2.45, 2.75) is 31.8 Å². The summed E-state index contributed by atoms with van der Waals surface area (Å²) in [4.78, 5) is 35.0. The number of pyridine rings is 1. The lowest BCUT2D eigenvalue weighted by Gasteiger charge is -2.28. The predicted molar refractivity (Wildman–Crippen MR) is 109 cm³/mol. The Morgan fingerprint density at radius 2 is 2.21 bits per heavy atom. The molecule has 8 heteroatoms. The first-order valence-electron chi connectivity index (χ1n) is 9.38. The second-order valence-electron chi connectivity index (χ2n) is 7.60. The number of rotatable bonds is 6. The number of nitrogens with zero attached hydrogens (tertiary/aromatic N) is 3. The molecule has 28 heavy (non-hydrogen) atoms. The third-order valence-corrected chi connectivity index (χ3v) is 6.51. The van der Waals surface area contributed by atoms with Gasteiger partial charge in [-0.15, -0.1) is 11.3 Å². The molecule has 0 spiro atoms. The summed E-state index contributed by atoms with van der Waals surface area (Å²) in [6, 6.07) is 3.86. The molecule has 1 aliphatic rings. The Morgan fingerprint density at radius 3 is 2.89 bits per heavy atom. The Kier molecular flexibility index (Phi) is 6.02. The summed E-state index contributed by atoms with van der Waals surface area (Å²) < 4.78 is 5.34. The van der Waals surface area contributed by atoms with Gasteiger partial charge in [-0.1, -0.05) is 6.07 Å². The number of thiophene rings is 1. The number of carbonyl (C=O) groups is 2. The number of aromatic nitrogens is 1. The highest BCUT2D eigenvalue weighted by Crippen LogP contribution is 2.40. The number of fused-ring (bicyclic) bond motifs is 1. The summed E-state index contributed by atoms with van der Waals surface area (Å²) in [5.74, 6) is -0.0921. The molecule has 0 bridgehead atoms. The molecule has 1 aliphatic heterocycles. The summed E-state index contributed by atoms with van der Waals surface area (Å²) in [5.41, 5.74) is 0.0982. The lowest BCUT2D eigenvalue weighted by molar-refractivity contribution is -0.149. The van der Waals surface area contributed by atoms with Crippen molar-refractivity contribution in [1.29, 1.82) is 0 Å². The van der Waals surface area contributed by atoms with E-state index < -0.39 is 5.60 Å². The number of hydrogen-bond acceptors (Lipinski definition) is 6. The molecule has 152 valence electrons. The highest BCUT2D eigenvalue weighted by molar-refractivity contribution is 7.20. The van der Waals surface area contributed by atoms with Crippen molar-refractivity contribution in [3.05, 3.63) is 28.8 Å². The first-order valence-corrected chi connectivity index (χ1v) is 10.2. The topological polar surface area (TPSA) is 83.0 Å². The van der Waals surface area contributed by atoms with E-state index in [1.807, 2.05) is 17.0 Å². The number of aliphatic hydroxyl groups is 1. The van der Waals surface area contributed by atoms with E-state index in [0.29, 0.717) is 18.0 Å². The zero-order chi connectivity index (χ0) is 20.5. The standard InChI is InChI=1S/C20H27N3O4S/c1-20(2,27-4)19(26)23-9-7-13(12-23)15-14-6-5-8-21-17(14)28-16(15)18(25)22(3)10-11-24/h5-6,8,13,24H,7,9-12H2,1-4H3/t13-/m0/s1. The Morgan fingerprint density at radius 1 is 1.46 bits per heavy atom. The molecule has 1 fully saturated rings. The van der Waals surface area contributed by atoms with Crippen molar-refractivity contribution < 1.29 is 19.4 Å². The lowest BCUT2D eigenvalue weighted by atomic mass is 9.95. The minimum atomic E-state index is -0.868. The Bertz CT molecular complexity index is 879. The van der Waals surface area contributed by atoms with Gasteiger partial charge in [-0.25, -0.2) is 4.98 Å². The predicted octanol–water partition coefficient (Wildman–Crippen LogP) is 2.10. The van der Waals surface area contributed by atoms with E-state index in [4.69, 9.17) is 4.74 Å². The molecular formula is C20H27N3O4S. The van der Waals surface area contributed by atoms with Gasteiger partial charge in [0.25, 0.3) is 11.8 Å². The van der Waals surface area contributed by atoms with Crippen molar-refractivity contribution in [2.24, 2.45) is 0 Å². The molecule has 0 aromatic carbocycles. The van der Waals surface area contributed by atoms with Crippen molar-refractivity contribution in [2.75, 3.05) is 40.4 Å². The summed E-state index contributed by atoms with van der Waals surface area (Å²) in [7, 11) is 3.23. The smallest absolute Gasteiger partial charge is 0.264 e. The van der Waals surface area contributed by atoms with Crippen LogP contribution in [-0.2, 0) is 9.53 Å². The van der Waals surface area contributed by atoms with Crippen molar-refractivity contribution in [1.82, 2.24) is 14.8 Å². The zero-order valence-corrected chi connectivity index (χ0v) is 17.6. The maximum Gasteiger partial charge on any atom is 0.264 e. The second-order valence-corrected chi connectivity index (χ2v) is 8.60. The van der Waals surface area contributed by atoms with Gasteiger partial charge in [-0.3, -0.25) is 9.59 Å². The van der Waals surface area contributed by atoms with Crippen LogP contribution < -0.4 is 0 Å². The minimum absolute atomic E-state index is 0.0413. The summed E-state index contributed by atoms with van der Waals surface area (Å²) in [5, 5.41) is 10.2. The normalized spacial score (nSPS) is 17.3. The van der Waals surface area contributed by atoms with E-state index in [1.54, 1.807) is 27.1 Å². The second kappa shape index (κ2) is 8.14. The van der Waals surface area contributed by atoms with Gasteiger partial charge >= 0.3 is 0 Å². The van der Waals surface area contributed by atoms with Crippen LogP contribution in [0.15, 0.2) is 18.3 Å². The molecule has 1 atom stereocenters. The molecular weight excluding hydrogens is 378 g/mol. The average Bonchev–Trinajstić information content (AvgIpc) is 3.31. The highest BCUT2D eigenvalue weighted by Gasteiger charge is 2.38. The fraction of sp³-hybridized carbons (Fsp3) is 0.550. The SMILES string of the molecule is COC(C)(C)C(=O)N1CC[C@H](c2c(C(=O)N(C)CCO)sc3ncccc23)C1. The summed E-state index contributed by atoms with van der Waals surface area (Å²) >= 11 is 1.38. The number of ether oxygens (including phenoxy) is 1. The Balaban J connectivity index is 1.95. The summed E-state index contributed by atoms with van der Waals surface area (Å²) in [6.45, 7) is 4.91. The quantitative estimate of drug-likeness (QED) is 0.796. The fourth-order valence-corrected chi connectivity index (χ4v) is 4.81. The summed E-state index contributed by atoms with van der Waals surface area (Å²) in [6.07, 6.45) is 2.51. The van der Waals surface area contributed by atoms with Gasteiger partial charge in [0.15, 0.2) is 0 Å². The van der Waals surface area contributed by atoms with E-state index in [9.17, 15) is 14.7 Å². The number of amides is 2. The molecule has 2 aromatic heterocycles. The maximum atomic E-state index is 13.0. The Hall–Kier alpha value is -2.03. The first kappa shape index (κ1) is 20.7. The number of hydrogen-bond donors (Lipinski definition) is 1. The van der Waals surface area contributed by atoms with Crippen LogP contribution in [-0.4, -0.2) is 77.7 Å². The maximum absolute atomic E-state index is 13.0. The molecule has 0 aliphatic carbocycles. The van der Waals surface area contributed by atoms with E-state index in [2.05, 4.69) is 4.98 Å². The minimum Gasteiger partial charge on any atom is -0.395 e. The van der Waals surface area contributed by atoms with Crippen molar-refractivity contribution >= 4 is 33.4 Å². The largest absolute Gasteiger partial charge is 0.395 e. The van der Waals surface area contributed by atoms with Crippen molar-refractivity contribution in [3.63, 3.8) is 0 Å². The van der Waals surface area contributed by atoms with Crippen LogP contribution in [0.5, 0.6) is 0 Å². The molecule has 7 nitrogen and oxygen atoms in total. The lowest BCUT2D eigenvalue weighted by Crippen LogP contribution is -2.45. The molecule has 1 N–H and O–H groups in total. The molecule has 0 unspecified atom stereocenters. The first-order chi connectivity index (χ1) is 13.3. The van der Waals surface area contributed by atoms with E-state index >= 15 is 0 Å². The number of likely N-dealkylation sites (tertiary alicyclic amines) is 1. The molecule has 3 heterocycles. The number of methoxy groups -OCH3 is 1. The van der Waals surface area contributed by atoms with Gasteiger partial charge in [0.2, 0.25) is 0 Å². The number of likely N-dealkylation sites (N-methyl/N-ethyl adjacent to an activating group) is 1. The van der Waals surface area contributed by atoms with Gasteiger partial charge in [0.05, 0.1) is 11.5 Å². The molecule has 0 saturated carbocycles. The monoisotopic (exact) mass is 405 g/mol. The molecule has 0 radical (unpaired) electrons. The molecule has 3 rings (SSSR count). The van der Waals surface area contributed by atoms with Crippen molar-refractivity contribution in [3.8, 4) is 0 Å². The Labute approximate surface area is 168 Å². The van der Waals surface area contributed by atoms with Gasteiger partial charge in [0.1, 0.15) is 10.4 Å². The van der Waals surface area contributed by atoms with Crippen LogP contribution in [0.1, 0.15) is 41.4 Å². The zero-order valence-electron chi connectivity index (χ0n) is 16.8. The highest BCUT2D eigenvalue weighted by atomic mass is 32.1. The third-order valence-electron chi connectivity index (χ3n) is 5.39. The third kappa shape index (κ3) is 3.76. The molecule has 2 aromatic rings. The van der Waals surface area contributed by atoms with E-state index in [1.165, 1.54) is 23.3 Å². The van der Waals surface area contributed by atoms with Crippen LogP contribution in [0, 0.1) is 0 Å². The van der Waals surface area contributed by atoms with Crippen LogP contribution in [0.2, 0.25) is 0 Å². The average molecular weight is 406 g/mol. The van der Waals surface area contributed by atoms with E-state index in [-0.39, 0.29) is 30.9 Å².